The summed E-state index contributed by atoms with van der Waals surface area (Å²) in [5, 5.41) is 9.75. The Labute approximate surface area is 267 Å². The van der Waals surface area contributed by atoms with E-state index in [0.29, 0.717) is 42.6 Å². The molecule has 0 amide bonds. The molecule has 0 saturated heterocycles. The molecule has 0 spiro atoms. The van der Waals surface area contributed by atoms with Crippen molar-refractivity contribution >= 4 is 0 Å². The minimum Gasteiger partial charge on any atom is -0.504 e. The van der Waals surface area contributed by atoms with Crippen LogP contribution in [0.2, 0.25) is 0 Å². The summed E-state index contributed by atoms with van der Waals surface area (Å²) in [5.41, 5.74) is 0.960. The Hall–Kier alpha value is -3.13. The fourth-order valence-electron chi connectivity index (χ4n) is 4.98. The summed E-state index contributed by atoms with van der Waals surface area (Å²) in [6, 6.07) is 9.88. The Morgan fingerprint density at radius 3 is 1.43 bits per heavy atom. The van der Waals surface area contributed by atoms with Gasteiger partial charge in [-0.1, -0.05) is 129 Å². The minimum atomic E-state index is -0.430. The molecule has 0 saturated carbocycles. The molecule has 0 atom stereocenters. The second-order valence-corrected chi connectivity index (χ2v) is 11.8. The molecule has 0 aromatic heterocycles. The van der Waals surface area contributed by atoms with Gasteiger partial charge in [-0.25, -0.2) is 0 Å². The predicted molar refractivity (Wildman–Crippen MR) is 183 cm³/mol. The van der Waals surface area contributed by atoms with E-state index in [0.717, 1.165) is 44.1 Å². The molecule has 5 nitrogen and oxygen atoms in total. The largest absolute Gasteiger partial charge is 0.504 e. The highest BCUT2D eigenvalue weighted by Gasteiger charge is 2.16. The Bertz CT molecular complexity index is 1120. The zero-order valence-corrected chi connectivity index (χ0v) is 27.9. The minimum absolute atomic E-state index is 0.291. The van der Waals surface area contributed by atoms with E-state index in [1.807, 2.05) is 12.1 Å². The van der Waals surface area contributed by atoms with Crippen molar-refractivity contribution in [2.24, 2.45) is 0 Å². The molecular formula is C39H58O5. The first-order chi connectivity index (χ1) is 21.6. The number of ether oxygens (including phenoxy) is 3. The van der Waals surface area contributed by atoms with E-state index in [1.165, 1.54) is 89.2 Å². The van der Waals surface area contributed by atoms with Crippen molar-refractivity contribution in [3.05, 3.63) is 57.7 Å². The van der Waals surface area contributed by atoms with Crippen LogP contribution in [0.3, 0.4) is 0 Å². The zero-order valence-electron chi connectivity index (χ0n) is 27.9. The Kier molecular flexibility index (Phi) is 20.4. The predicted octanol–water partition coefficient (Wildman–Crippen LogP) is 10.4. The lowest BCUT2D eigenvalue weighted by molar-refractivity contribution is 0.234. The summed E-state index contributed by atoms with van der Waals surface area (Å²) in [5.74, 6) is 8.07. The summed E-state index contributed by atoms with van der Waals surface area (Å²) in [4.78, 5) is 11.8. The Morgan fingerprint density at radius 1 is 0.523 bits per heavy atom. The van der Waals surface area contributed by atoms with E-state index in [4.69, 9.17) is 14.2 Å². The van der Waals surface area contributed by atoms with Crippen LogP contribution >= 0.6 is 0 Å². The molecule has 0 aliphatic heterocycles. The van der Waals surface area contributed by atoms with Gasteiger partial charge in [0.15, 0.2) is 17.2 Å². The molecule has 1 N–H and O–H groups in total. The molecule has 2 aromatic rings. The average molecular weight is 607 g/mol. The lowest BCUT2D eigenvalue weighted by atomic mass is 10.1. The van der Waals surface area contributed by atoms with Crippen molar-refractivity contribution in [2.75, 3.05) is 19.8 Å². The van der Waals surface area contributed by atoms with Crippen LogP contribution in [0.25, 0.3) is 0 Å². The molecule has 0 unspecified atom stereocenters. The van der Waals surface area contributed by atoms with E-state index < -0.39 is 5.43 Å². The van der Waals surface area contributed by atoms with Crippen molar-refractivity contribution < 1.29 is 19.3 Å². The molecule has 2 aromatic carbocycles. The summed E-state index contributed by atoms with van der Waals surface area (Å²) in [6.07, 6.45) is 21.5. The third-order valence-corrected chi connectivity index (χ3v) is 7.71. The number of hydrogen-bond donors (Lipinski definition) is 1. The molecule has 0 aliphatic rings. The third kappa shape index (κ3) is 16.1. The van der Waals surface area contributed by atoms with Gasteiger partial charge < -0.3 is 19.3 Å². The van der Waals surface area contributed by atoms with Gasteiger partial charge >= 0.3 is 0 Å². The molecule has 0 bridgehead atoms. The fourth-order valence-corrected chi connectivity index (χ4v) is 4.98. The SMILES string of the molecule is CCCCCCCCOc1cc(C#Cc2ccc(O)c(=O)cc2)cc(OCCCCCCCC)c1OCCCCCCCC. The standard InChI is InChI=1S/C39H58O5/c1-4-7-10-13-16-19-28-42-37-31-34(23-22-33-24-26-35(40)36(41)27-25-33)32-38(43-29-20-17-14-11-8-5-2)39(37)44-30-21-18-15-12-9-6-3/h24-27,31-32H,4-21,28-30H2,1-3H3,(H,40,41). The van der Waals surface area contributed by atoms with Crippen molar-refractivity contribution in [3.63, 3.8) is 0 Å². The fraction of sp³-hybridized carbons (Fsp3) is 0.615. The zero-order chi connectivity index (χ0) is 31.7. The van der Waals surface area contributed by atoms with Crippen molar-refractivity contribution in [1.82, 2.24) is 0 Å². The number of benzene rings is 1. The second kappa shape index (κ2) is 24.2. The van der Waals surface area contributed by atoms with Crippen LogP contribution in [0, 0.1) is 11.8 Å². The molecule has 44 heavy (non-hydrogen) atoms. The van der Waals surface area contributed by atoms with E-state index in [1.54, 1.807) is 12.1 Å². The van der Waals surface area contributed by atoms with Crippen LogP contribution in [0.1, 0.15) is 147 Å². The first-order valence-electron chi connectivity index (χ1n) is 17.5. The summed E-state index contributed by atoms with van der Waals surface area (Å²) >= 11 is 0. The van der Waals surface area contributed by atoms with E-state index in [2.05, 4.69) is 32.6 Å². The van der Waals surface area contributed by atoms with Crippen LogP contribution in [-0.4, -0.2) is 24.9 Å². The van der Waals surface area contributed by atoms with Gasteiger partial charge in [-0.2, -0.15) is 0 Å². The first-order valence-corrected chi connectivity index (χ1v) is 17.5. The lowest BCUT2D eigenvalue weighted by Crippen LogP contribution is -2.07. The van der Waals surface area contributed by atoms with Gasteiger partial charge in [-0.05, 0) is 55.7 Å². The number of hydrogen-bond acceptors (Lipinski definition) is 5. The van der Waals surface area contributed by atoms with Gasteiger partial charge in [0.25, 0.3) is 0 Å². The highest BCUT2D eigenvalue weighted by atomic mass is 16.5. The van der Waals surface area contributed by atoms with E-state index >= 15 is 0 Å². The Balaban J connectivity index is 2.25. The van der Waals surface area contributed by atoms with Gasteiger partial charge in [0, 0.05) is 11.1 Å². The van der Waals surface area contributed by atoms with Crippen LogP contribution < -0.4 is 19.6 Å². The maximum atomic E-state index is 11.8. The number of aromatic hydroxyl groups is 1. The molecule has 0 heterocycles. The highest BCUT2D eigenvalue weighted by molar-refractivity contribution is 5.58. The van der Waals surface area contributed by atoms with Crippen LogP contribution in [-0.2, 0) is 0 Å². The maximum absolute atomic E-state index is 11.8. The molecule has 0 fully saturated rings. The van der Waals surface area contributed by atoms with Gasteiger partial charge in [0.2, 0.25) is 11.2 Å². The summed E-state index contributed by atoms with van der Waals surface area (Å²) < 4.78 is 19.1. The normalized spacial score (nSPS) is 10.7. The average Bonchev–Trinajstić information content (AvgIpc) is 3.19. The van der Waals surface area contributed by atoms with E-state index in [-0.39, 0.29) is 5.75 Å². The van der Waals surface area contributed by atoms with Crippen LogP contribution in [0.4, 0.5) is 0 Å². The number of rotatable bonds is 24. The first kappa shape index (κ1) is 37.1. The van der Waals surface area contributed by atoms with Gasteiger partial charge in [0.1, 0.15) is 0 Å². The van der Waals surface area contributed by atoms with Gasteiger partial charge in [-0.15, -0.1) is 0 Å². The maximum Gasteiger partial charge on any atom is 0.220 e. The third-order valence-electron chi connectivity index (χ3n) is 7.71. The molecular weight excluding hydrogens is 548 g/mol. The second-order valence-electron chi connectivity index (χ2n) is 11.8. The summed E-state index contributed by atoms with van der Waals surface area (Å²) in [7, 11) is 0. The monoisotopic (exact) mass is 606 g/mol. The van der Waals surface area contributed by atoms with Gasteiger partial charge in [-0.3, -0.25) is 4.79 Å². The molecule has 5 heteroatoms. The molecule has 0 radical (unpaired) electrons. The lowest BCUT2D eigenvalue weighted by Gasteiger charge is -2.18. The Morgan fingerprint density at radius 2 is 0.932 bits per heavy atom. The van der Waals surface area contributed by atoms with E-state index in [9.17, 15) is 9.90 Å². The van der Waals surface area contributed by atoms with Crippen LogP contribution in [0.5, 0.6) is 23.0 Å². The highest BCUT2D eigenvalue weighted by Crippen LogP contribution is 2.39. The van der Waals surface area contributed by atoms with Gasteiger partial charge in [0.05, 0.1) is 19.8 Å². The van der Waals surface area contributed by atoms with Crippen molar-refractivity contribution in [1.29, 1.82) is 0 Å². The molecule has 244 valence electrons. The van der Waals surface area contributed by atoms with Crippen molar-refractivity contribution in [3.8, 4) is 34.8 Å². The molecule has 0 aliphatic carbocycles. The van der Waals surface area contributed by atoms with Crippen LogP contribution in [0.15, 0.2) is 41.2 Å². The van der Waals surface area contributed by atoms with Crippen molar-refractivity contribution in [2.45, 2.75) is 136 Å². The quantitative estimate of drug-likeness (QED) is 0.0951. The molecule has 2 rings (SSSR count). The number of unbranched alkanes of at least 4 members (excludes halogenated alkanes) is 15. The topological polar surface area (TPSA) is 65.0 Å². The summed E-state index contributed by atoms with van der Waals surface area (Å²) in [6.45, 7) is 8.57. The smallest absolute Gasteiger partial charge is 0.220 e.